The van der Waals surface area contributed by atoms with Gasteiger partial charge >= 0.3 is 6.03 Å². The predicted molar refractivity (Wildman–Crippen MR) is 82.5 cm³/mol. The van der Waals surface area contributed by atoms with Crippen molar-refractivity contribution in [3.8, 4) is 0 Å². The number of hydrogen-bond acceptors (Lipinski definition) is 3. The van der Waals surface area contributed by atoms with Crippen LogP contribution < -0.4 is 10.6 Å². The lowest BCUT2D eigenvalue weighted by Crippen LogP contribution is -2.34. The van der Waals surface area contributed by atoms with Crippen LogP contribution in [-0.4, -0.2) is 22.4 Å². The van der Waals surface area contributed by atoms with Crippen LogP contribution in [0.3, 0.4) is 0 Å². The zero-order valence-electron chi connectivity index (χ0n) is 11.8. The smallest absolute Gasteiger partial charge is 0.319 e. The Bertz CT molecular complexity index is 659. The zero-order chi connectivity index (χ0) is 15.2. The molecule has 0 aliphatic heterocycles. The van der Waals surface area contributed by atoms with Crippen LogP contribution in [0, 0.1) is 0 Å². The Labute approximate surface area is 127 Å². The fraction of sp³-hybridized carbons (Fsp3) is 0.125. The Morgan fingerprint density at radius 3 is 2.73 bits per heavy atom. The van der Waals surface area contributed by atoms with E-state index in [0.717, 1.165) is 11.4 Å². The third-order valence-corrected chi connectivity index (χ3v) is 3.20. The molecule has 112 valence electrons. The number of aromatic nitrogens is 2. The van der Waals surface area contributed by atoms with Gasteiger partial charge < -0.3 is 15.1 Å². The fourth-order valence-electron chi connectivity index (χ4n) is 2.16. The Balaban J connectivity index is 1.63. The molecule has 22 heavy (non-hydrogen) atoms. The maximum absolute atomic E-state index is 12.0. The van der Waals surface area contributed by atoms with Crippen LogP contribution in [0.1, 0.15) is 11.8 Å². The van der Waals surface area contributed by atoms with E-state index < -0.39 is 0 Å². The standard InChI is InChI=1S/C16H16N4O2/c21-16(19-13-6-2-1-3-7-13)17-12-14(15-8-4-11-22-15)20-10-5-9-18-20/h1-11,14H,12H2,(H2,17,19,21). The molecule has 0 bridgehead atoms. The van der Waals surface area contributed by atoms with Crippen LogP contribution in [0.15, 0.2) is 71.6 Å². The molecule has 2 N–H and O–H groups in total. The lowest BCUT2D eigenvalue weighted by atomic mass is 10.2. The number of carbonyl (C=O) groups excluding carboxylic acids is 1. The number of benzene rings is 1. The van der Waals surface area contributed by atoms with Gasteiger partial charge in [0.25, 0.3) is 0 Å². The van der Waals surface area contributed by atoms with E-state index in [2.05, 4.69) is 15.7 Å². The molecule has 3 rings (SSSR count). The molecule has 1 aromatic carbocycles. The number of para-hydroxylation sites is 1. The summed E-state index contributed by atoms with van der Waals surface area (Å²) in [6.07, 6.45) is 5.14. The van der Waals surface area contributed by atoms with Gasteiger partial charge in [0.05, 0.1) is 6.26 Å². The van der Waals surface area contributed by atoms with Crippen LogP contribution in [0.25, 0.3) is 0 Å². The molecule has 0 spiro atoms. The first-order chi connectivity index (χ1) is 10.8. The van der Waals surface area contributed by atoms with E-state index in [-0.39, 0.29) is 12.1 Å². The van der Waals surface area contributed by atoms with Crippen LogP contribution >= 0.6 is 0 Å². The molecular weight excluding hydrogens is 280 g/mol. The SMILES string of the molecule is O=C(NCC(c1ccco1)n1cccn1)Nc1ccccc1. The Morgan fingerprint density at radius 2 is 2.05 bits per heavy atom. The van der Waals surface area contributed by atoms with Crippen molar-refractivity contribution in [3.05, 3.63) is 72.9 Å². The minimum Gasteiger partial charge on any atom is -0.467 e. The summed E-state index contributed by atoms with van der Waals surface area (Å²) in [5, 5.41) is 9.83. The average Bonchev–Trinajstić information content (AvgIpc) is 3.22. The van der Waals surface area contributed by atoms with Crippen molar-refractivity contribution in [3.63, 3.8) is 0 Å². The summed E-state index contributed by atoms with van der Waals surface area (Å²) >= 11 is 0. The van der Waals surface area contributed by atoms with Gasteiger partial charge in [-0.25, -0.2) is 4.79 Å². The number of amides is 2. The van der Waals surface area contributed by atoms with E-state index in [0.29, 0.717) is 6.54 Å². The van der Waals surface area contributed by atoms with E-state index in [1.165, 1.54) is 0 Å². The summed E-state index contributed by atoms with van der Waals surface area (Å²) in [5.74, 6) is 0.740. The number of rotatable bonds is 5. The van der Waals surface area contributed by atoms with Crippen molar-refractivity contribution in [2.75, 3.05) is 11.9 Å². The molecule has 1 atom stereocenters. The number of hydrogen-bond donors (Lipinski definition) is 2. The van der Waals surface area contributed by atoms with Crippen molar-refractivity contribution in [2.24, 2.45) is 0 Å². The summed E-state index contributed by atoms with van der Waals surface area (Å²) < 4.78 is 7.19. The van der Waals surface area contributed by atoms with Crippen molar-refractivity contribution in [1.82, 2.24) is 15.1 Å². The fourth-order valence-corrected chi connectivity index (χ4v) is 2.16. The Kier molecular flexibility index (Phi) is 4.20. The van der Waals surface area contributed by atoms with Gasteiger partial charge in [0.1, 0.15) is 11.8 Å². The van der Waals surface area contributed by atoms with Crippen LogP contribution in [0.5, 0.6) is 0 Å². The first kappa shape index (κ1) is 13.9. The van der Waals surface area contributed by atoms with E-state index >= 15 is 0 Å². The Morgan fingerprint density at radius 1 is 1.18 bits per heavy atom. The molecule has 0 fully saturated rings. The molecule has 0 radical (unpaired) electrons. The van der Waals surface area contributed by atoms with Crippen molar-refractivity contribution in [2.45, 2.75) is 6.04 Å². The number of anilines is 1. The number of furan rings is 1. The van der Waals surface area contributed by atoms with Crippen molar-refractivity contribution in [1.29, 1.82) is 0 Å². The first-order valence-electron chi connectivity index (χ1n) is 6.95. The molecular formula is C16H16N4O2. The van der Waals surface area contributed by atoms with Crippen molar-refractivity contribution < 1.29 is 9.21 Å². The van der Waals surface area contributed by atoms with Gasteiger partial charge in [-0.3, -0.25) is 4.68 Å². The maximum Gasteiger partial charge on any atom is 0.319 e. The number of nitrogens with zero attached hydrogens (tertiary/aromatic N) is 2. The highest BCUT2D eigenvalue weighted by Gasteiger charge is 2.17. The summed E-state index contributed by atoms with van der Waals surface area (Å²) in [6.45, 7) is 0.369. The van der Waals surface area contributed by atoms with Crippen molar-refractivity contribution >= 4 is 11.7 Å². The number of nitrogens with one attached hydrogen (secondary N) is 2. The van der Waals surface area contributed by atoms with Gasteiger partial charge in [-0.2, -0.15) is 5.10 Å². The zero-order valence-corrected chi connectivity index (χ0v) is 11.8. The van der Waals surface area contributed by atoms with Crippen LogP contribution in [0.2, 0.25) is 0 Å². The number of urea groups is 1. The molecule has 2 amide bonds. The quantitative estimate of drug-likeness (QED) is 0.760. The monoisotopic (exact) mass is 296 g/mol. The maximum atomic E-state index is 12.0. The molecule has 0 saturated heterocycles. The summed E-state index contributed by atoms with van der Waals surface area (Å²) in [6, 6.07) is 14.3. The largest absolute Gasteiger partial charge is 0.467 e. The highest BCUT2D eigenvalue weighted by Crippen LogP contribution is 2.17. The third kappa shape index (κ3) is 3.35. The summed E-state index contributed by atoms with van der Waals surface area (Å²) in [4.78, 5) is 12.0. The van der Waals surface area contributed by atoms with Gasteiger partial charge in [0.15, 0.2) is 0 Å². The third-order valence-electron chi connectivity index (χ3n) is 3.20. The number of carbonyl (C=O) groups is 1. The second-order valence-corrected chi connectivity index (χ2v) is 4.72. The van der Waals surface area contributed by atoms with Crippen LogP contribution in [0.4, 0.5) is 10.5 Å². The van der Waals surface area contributed by atoms with E-state index in [4.69, 9.17) is 4.42 Å². The molecule has 0 saturated carbocycles. The topological polar surface area (TPSA) is 72.1 Å². The summed E-state index contributed by atoms with van der Waals surface area (Å²) in [7, 11) is 0. The van der Waals surface area contributed by atoms with E-state index in [1.807, 2.05) is 54.7 Å². The molecule has 0 aliphatic carbocycles. The first-order valence-corrected chi connectivity index (χ1v) is 6.95. The van der Waals surface area contributed by atoms with Gasteiger partial charge in [-0.15, -0.1) is 0 Å². The second-order valence-electron chi connectivity index (χ2n) is 4.72. The van der Waals surface area contributed by atoms with Crippen LogP contribution in [-0.2, 0) is 0 Å². The lowest BCUT2D eigenvalue weighted by molar-refractivity contribution is 0.250. The van der Waals surface area contributed by atoms with E-state index in [9.17, 15) is 4.79 Å². The molecule has 6 heteroatoms. The normalized spacial score (nSPS) is 11.8. The Hall–Kier alpha value is -3.02. The van der Waals surface area contributed by atoms with E-state index in [1.54, 1.807) is 17.1 Å². The highest BCUT2D eigenvalue weighted by atomic mass is 16.3. The average molecular weight is 296 g/mol. The predicted octanol–water partition coefficient (Wildman–Crippen LogP) is 2.89. The molecule has 3 aromatic rings. The van der Waals surface area contributed by atoms with Gasteiger partial charge in [0, 0.05) is 24.6 Å². The molecule has 1 unspecified atom stereocenters. The second kappa shape index (κ2) is 6.62. The van der Waals surface area contributed by atoms with Gasteiger partial charge in [-0.1, -0.05) is 18.2 Å². The molecule has 0 aliphatic rings. The van der Waals surface area contributed by atoms with Gasteiger partial charge in [-0.05, 0) is 30.3 Å². The minimum absolute atomic E-state index is 0.188. The highest BCUT2D eigenvalue weighted by molar-refractivity contribution is 5.89. The summed E-state index contributed by atoms with van der Waals surface area (Å²) in [5.41, 5.74) is 0.744. The molecule has 2 heterocycles. The molecule has 6 nitrogen and oxygen atoms in total. The lowest BCUT2D eigenvalue weighted by Gasteiger charge is -2.16. The van der Waals surface area contributed by atoms with Gasteiger partial charge in [0.2, 0.25) is 0 Å². The minimum atomic E-state index is -0.269. The molecule has 2 aromatic heterocycles.